The molecule has 1 saturated carbocycles. The van der Waals surface area contributed by atoms with Gasteiger partial charge in [0.1, 0.15) is 0 Å². The Bertz CT molecular complexity index is 541. The maximum absolute atomic E-state index is 4.13. The second-order valence-electron chi connectivity index (χ2n) is 5.28. The van der Waals surface area contributed by atoms with Crippen molar-refractivity contribution in [2.24, 2.45) is 0 Å². The molecule has 1 aromatic carbocycles. The van der Waals surface area contributed by atoms with E-state index in [0.717, 1.165) is 12.4 Å². The molecule has 0 amide bonds. The monoisotopic (exact) mass is 257 g/mol. The molecule has 1 heterocycles. The highest BCUT2D eigenvalue weighted by Gasteiger charge is 2.22. The molecule has 0 aliphatic heterocycles. The zero-order chi connectivity index (χ0) is 13.2. The van der Waals surface area contributed by atoms with Crippen LogP contribution in [0.5, 0.6) is 0 Å². The van der Waals surface area contributed by atoms with Gasteiger partial charge in [-0.15, -0.1) is 5.10 Å². The van der Waals surface area contributed by atoms with Crippen LogP contribution in [0.4, 0.5) is 0 Å². The second-order valence-corrected chi connectivity index (χ2v) is 5.28. The molecule has 0 radical (unpaired) electrons. The fourth-order valence-corrected chi connectivity index (χ4v) is 2.14. The maximum Gasteiger partial charge on any atom is 0.165 e. The lowest BCUT2D eigenvalue weighted by Crippen LogP contribution is -2.21. The van der Waals surface area contributed by atoms with Crippen molar-refractivity contribution in [1.29, 1.82) is 0 Å². The molecule has 1 N–H and O–H groups in total. The molecule has 0 saturated heterocycles. The Morgan fingerprint density at radius 2 is 2.05 bits per heavy atom. The van der Waals surface area contributed by atoms with E-state index in [1.165, 1.54) is 24.0 Å². The summed E-state index contributed by atoms with van der Waals surface area (Å²) in [5.41, 5.74) is 2.49. The highest BCUT2D eigenvalue weighted by molar-refractivity contribution is 5.24. The topological polar surface area (TPSA) is 55.6 Å². The third kappa shape index (κ3) is 2.81. The summed E-state index contributed by atoms with van der Waals surface area (Å²) in [5.74, 6) is 0.903. The van der Waals surface area contributed by atoms with Crippen LogP contribution in [0.1, 0.15) is 42.8 Å². The molecule has 1 fully saturated rings. The third-order valence-electron chi connectivity index (χ3n) is 3.61. The second kappa shape index (κ2) is 5.09. The zero-order valence-corrected chi connectivity index (χ0v) is 11.4. The number of nitrogens with zero attached hydrogens (tertiary/aromatic N) is 4. The van der Waals surface area contributed by atoms with Gasteiger partial charge in [-0.05, 0) is 42.7 Å². The van der Waals surface area contributed by atoms with Crippen LogP contribution < -0.4 is 5.32 Å². The Hall–Kier alpha value is -1.75. The molecule has 1 aliphatic carbocycles. The van der Waals surface area contributed by atoms with Crippen LogP contribution in [-0.4, -0.2) is 26.2 Å². The number of hydrogen-bond donors (Lipinski definition) is 1. The molecule has 0 bridgehead atoms. The molecule has 1 atom stereocenters. The lowest BCUT2D eigenvalue weighted by atomic mass is 10.1. The Morgan fingerprint density at radius 3 is 2.74 bits per heavy atom. The number of tetrazole rings is 1. The van der Waals surface area contributed by atoms with E-state index in [2.05, 4.69) is 59.0 Å². The zero-order valence-electron chi connectivity index (χ0n) is 11.4. The lowest BCUT2D eigenvalue weighted by Gasteiger charge is -2.14. The molecular weight excluding hydrogens is 238 g/mol. The number of aryl methyl sites for hydroxylation is 1. The van der Waals surface area contributed by atoms with E-state index in [4.69, 9.17) is 0 Å². The van der Waals surface area contributed by atoms with Gasteiger partial charge in [-0.3, -0.25) is 0 Å². The third-order valence-corrected chi connectivity index (χ3v) is 3.61. The van der Waals surface area contributed by atoms with Crippen molar-refractivity contribution in [2.45, 2.75) is 45.3 Å². The first kappa shape index (κ1) is 12.3. The van der Waals surface area contributed by atoms with Gasteiger partial charge < -0.3 is 5.32 Å². The molecule has 19 heavy (non-hydrogen) atoms. The minimum atomic E-state index is 0.159. The van der Waals surface area contributed by atoms with Crippen LogP contribution in [0, 0.1) is 6.92 Å². The highest BCUT2D eigenvalue weighted by Crippen LogP contribution is 2.21. The SMILES string of the molecule is Cc1ccc(C(C)n2nnnc2CNC2CC2)cc1. The molecular formula is C14H19N5. The molecule has 1 unspecified atom stereocenters. The summed E-state index contributed by atoms with van der Waals surface area (Å²) in [5, 5.41) is 15.5. The van der Waals surface area contributed by atoms with Gasteiger partial charge in [-0.25, -0.2) is 4.68 Å². The number of aromatic nitrogens is 4. The fraction of sp³-hybridized carbons (Fsp3) is 0.500. The molecule has 1 aromatic heterocycles. The number of hydrogen-bond acceptors (Lipinski definition) is 4. The van der Waals surface area contributed by atoms with E-state index in [9.17, 15) is 0 Å². The molecule has 100 valence electrons. The van der Waals surface area contributed by atoms with E-state index in [1.54, 1.807) is 0 Å². The lowest BCUT2D eigenvalue weighted by molar-refractivity contribution is 0.504. The first-order valence-corrected chi connectivity index (χ1v) is 6.81. The smallest absolute Gasteiger partial charge is 0.165 e. The highest BCUT2D eigenvalue weighted by atomic mass is 15.6. The van der Waals surface area contributed by atoms with Gasteiger partial charge in [-0.2, -0.15) is 0 Å². The summed E-state index contributed by atoms with van der Waals surface area (Å²) in [6.45, 7) is 4.96. The summed E-state index contributed by atoms with van der Waals surface area (Å²) in [7, 11) is 0. The molecule has 5 heteroatoms. The minimum absolute atomic E-state index is 0.159. The summed E-state index contributed by atoms with van der Waals surface area (Å²) < 4.78 is 1.90. The summed E-state index contributed by atoms with van der Waals surface area (Å²) >= 11 is 0. The van der Waals surface area contributed by atoms with Gasteiger partial charge in [-0.1, -0.05) is 29.8 Å². The Labute approximate surface area is 113 Å². The van der Waals surface area contributed by atoms with E-state index < -0.39 is 0 Å². The minimum Gasteiger partial charge on any atom is -0.307 e. The molecule has 5 nitrogen and oxygen atoms in total. The van der Waals surface area contributed by atoms with Gasteiger partial charge in [0.25, 0.3) is 0 Å². The predicted molar refractivity (Wildman–Crippen MR) is 72.7 cm³/mol. The first-order valence-electron chi connectivity index (χ1n) is 6.81. The molecule has 2 aromatic rings. The number of nitrogens with one attached hydrogen (secondary N) is 1. The largest absolute Gasteiger partial charge is 0.307 e. The Balaban J connectivity index is 1.76. The summed E-state index contributed by atoms with van der Waals surface area (Å²) in [6.07, 6.45) is 2.55. The molecule has 1 aliphatic rings. The van der Waals surface area contributed by atoms with Crippen molar-refractivity contribution >= 4 is 0 Å². The van der Waals surface area contributed by atoms with Crippen LogP contribution in [0.2, 0.25) is 0 Å². The van der Waals surface area contributed by atoms with Gasteiger partial charge >= 0.3 is 0 Å². The van der Waals surface area contributed by atoms with Crippen LogP contribution in [0.25, 0.3) is 0 Å². The summed E-state index contributed by atoms with van der Waals surface area (Å²) in [4.78, 5) is 0. The van der Waals surface area contributed by atoms with Crippen molar-refractivity contribution in [3.8, 4) is 0 Å². The summed E-state index contributed by atoms with van der Waals surface area (Å²) in [6, 6.07) is 9.35. The van der Waals surface area contributed by atoms with E-state index in [0.29, 0.717) is 6.04 Å². The van der Waals surface area contributed by atoms with Gasteiger partial charge in [0, 0.05) is 6.04 Å². The normalized spacial score (nSPS) is 16.5. The number of benzene rings is 1. The van der Waals surface area contributed by atoms with E-state index in [1.807, 2.05) is 4.68 Å². The Morgan fingerprint density at radius 1 is 1.32 bits per heavy atom. The standard InChI is InChI=1S/C14H19N5/c1-10-3-5-12(6-4-10)11(2)19-14(16-17-18-19)9-15-13-7-8-13/h3-6,11,13,15H,7-9H2,1-2H3. The van der Waals surface area contributed by atoms with Crippen LogP contribution in [0.3, 0.4) is 0 Å². The maximum atomic E-state index is 4.13. The van der Waals surface area contributed by atoms with Gasteiger partial charge in [0.05, 0.1) is 12.6 Å². The average molecular weight is 257 g/mol. The fourth-order valence-electron chi connectivity index (χ4n) is 2.14. The van der Waals surface area contributed by atoms with Crippen molar-refractivity contribution in [3.63, 3.8) is 0 Å². The quantitative estimate of drug-likeness (QED) is 0.888. The first-order chi connectivity index (χ1) is 9.24. The van der Waals surface area contributed by atoms with Gasteiger partial charge in [0.15, 0.2) is 5.82 Å². The van der Waals surface area contributed by atoms with Crippen molar-refractivity contribution in [1.82, 2.24) is 25.5 Å². The number of rotatable bonds is 5. The van der Waals surface area contributed by atoms with Crippen LogP contribution in [0.15, 0.2) is 24.3 Å². The predicted octanol–water partition coefficient (Wildman–Crippen LogP) is 1.84. The van der Waals surface area contributed by atoms with Crippen molar-refractivity contribution in [3.05, 3.63) is 41.2 Å². The average Bonchev–Trinajstić information content (AvgIpc) is 3.13. The van der Waals surface area contributed by atoms with E-state index >= 15 is 0 Å². The van der Waals surface area contributed by atoms with Crippen molar-refractivity contribution < 1.29 is 0 Å². The van der Waals surface area contributed by atoms with Gasteiger partial charge in [0.2, 0.25) is 0 Å². The molecule has 0 spiro atoms. The van der Waals surface area contributed by atoms with Crippen molar-refractivity contribution in [2.75, 3.05) is 0 Å². The van der Waals surface area contributed by atoms with Crippen LogP contribution in [-0.2, 0) is 6.54 Å². The Kier molecular flexibility index (Phi) is 3.29. The molecule has 3 rings (SSSR count). The van der Waals surface area contributed by atoms with Crippen LogP contribution >= 0.6 is 0 Å². The van der Waals surface area contributed by atoms with E-state index in [-0.39, 0.29) is 6.04 Å².